The molecule has 1 aromatic carbocycles. The number of fused-ring (bicyclic) bond motifs is 1. The molecule has 4 nitrogen and oxygen atoms in total. The molecule has 1 amide bonds. The maximum atomic E-state index is 12.5. The summed E-state index contributed by atoms with van der Waals surface area (Å²) >= 11 is 0. The van der Waals surface area contributed by atoms with Gasteiger partial charge in [-0.15, -0.1) is 0 Å². The number of aliphatic hydroxyl groups is 1. The quantitative estimate of drug-likeness (QED) is 0.888. The highest BCUT2D eigenvalue weighted by Crippen LogP contribution is 2.23. The van der Waals surface area contributed by atoms with Gasteiger partial charge in [-0.25, -0.2) is 0 Å². The van der Waals surface area contributed by atoms with Crippen molar-refractivity contribution in [3.63, 3.8) is 0 Å². The van der Waals surface area contributed by atoms with E-state index in [-0.39, 0.29) is 18.4 Å². The van der Waals surface area contributed by atoms with E-state index in [9.17, 15) is 4.79 Å². The molecule has 0 saturated carbocycles. The van der Waals surface area contributed by atoms with Gasteiger partial charge in [0.15, 0.2) is 0 Å². The number of likely N-dealkylation sites (tertiary alicyclic amines) is 1. The van der Waals surface area contributed by atoms with Gasteiger partial charge in [0.25, 0.3) is 5.91 Å². The maximum Gasteiger partial charge on any atom is 0.254 e. The fourth-order valence-electron chi connectivity index (χ4n) is 2.51. The number of benzene rings is 1. The average Bonchev–Trinajstić information content (AvgIpc) is 2.36. The summed E-state index contributed by atoms with van der Waals surface area (Å²) in [5, 5.41) is 9.92. The summed E-state index contributed by atoms with van der Waals surface area (Å²) in [5.74, 6) is 0.268. The van der Waals surface area contributed by atoms with Crippen LogP contribution in [0.5, 0.6) is 0 Å². The first-order chi connectivity index (χ1) is 9.19. The normalized spacial score (nSPS) is 15.6. The molecule has 19 heavy (non-hydrogen) atoms. The summed E-state index contributed by atoms with van der Waals surface area (Å²) in [4.78, 5) is 18.7. The van der Waals surface area contributed by atoms with Crippen LogP contribution in [0.4, 0.5) is 0 Å². The number of para-hydroxylation sites is 1. The standard InChI is InChI=1S/C15H16N2O2/c1-10-6-13(12-4-2-3-5-14(12)16-10)15(19)17-7-11(8-17)9-18/h2-6,11,18H,7-9H2,1H3. The Morgan fingerprint density at radius 3 is 2.89 bits per heavy atom. The number of rotatable bonds is 2. The molecule has 3 rings (SSSR count). The lowest BCUT2D eigenvalue weighted by molar-refractivity contribution is 0.0363. The molecule has 1 saturated heterocycles. The first-order valence-electron chi connectivity index (χ1n) is 6.45. The topological polar surface area (TPSA) is 53.4 Å². The number of carbonyl (C=O) groups is 1. The van der Waals surface area contributed by atoms with Gasteiger partial charge in [0.2, 0.25) is 0 Å². The molecule has 1 aromatic heterocycles. The Bertz CT molecular complexity index is 633. The Hall–Kier alpha value is -1.94. The monoisotopic (exact) mass is 256 g/mol. The molecule has 4 heteroatoms. The van der Waals surface area contributed by atoms with Crippen LogP contribution in [0, 0.1) is 12.8 Å². The van der Waals surface area contributed by atoms with Gasteiger partial charge in [0, 0.05) is 36.7 Å². The minimum atomic E-state index is 0.0337. The van der Waals surface area contributed by atoms with Crippen LogP contribution < -0.4 is 0 Å². The van der Waals surface area contributed by atoms with Crippen molar-refractivity contribution in [3.05, 3.63) is 41.6 Å². The Labute approximate surface area is 111 Å². The largest absolute Gasteiger partial charge is 0.396 e. The highest BCUT2D eigenvalue weighted by molar-refractivity contribution is 6.06. The lowest BCUT2D eigenvalue weighted by Crippen LogP contribution is -2.51. The number of amides is 1. The van der Waals surface area contributed by atoms with Crippen LogP contribution in [0.1, 0.15) is 16.1 Å². The van der Waals surface area contributed by atoms with Crippen LogP contribution in [-0.4, -0.2) is 40.6 Å². The van der Waals surface area contributed by atoms with Crippen molar-refractivity contribution >= 4 is 16.8 Å². The van der Waals surface area contributed by atoms with Gasteiger partial charge >= 0.3 is 0 Å². The number of hydrogen-bond donors (Lipinski definition) is 1. The van der Waals surface area contributed by atoms with Crippen molar-refractivity contribution in [1.29, 1.82) is 0 Å². The van der Waals surface area contributed by atoms with E-state index in [4.69, 9.17) is 5.11 Å². The van der Waals surface area contributed by atoms with Crippen molar-refractivity contribution in [2.75, 3.05) is 19.7 Å². The minimum absolute atomic E-state index is 0.0337. The number of hydrogen-bond acceptors (Lipinski definition) is 3. The van der Waals surface area contributed by atoms with E-state index in [1.54, 1.807) is 4.90 Å². The summed E-state index contributed by atoms with van der Waals surface area (Å²) in [7, 11) is 0. The average molecular weight is 256 g/mol. The van der Waals surface area contributed by atoms with Crippen LogP contribution in [-0.2, 0) is 0 Å². The predicted molar refractivity (Wildman–Crippen MR) is 73.0 cm³/mol. The van der Waals surface area contributed by atoms with Crippen LogP contribution in [0.2, 0.25) is 0 Å². The van der Waals surface area contributed by atoms with E-state index < -0.39 is 0 Å². The second-order valence-electron chi connectivity index (χ2n) is 5.09. The molecule has 2 aromatic rings. The predicted octanol–water partition coefficient (Wildman–Crippen LogP) is 1.61. The van der Waals surface area contributed by atoms with Gasteiger partial charge < -0.3 is 10.0 Å². The first kappa shape index (κ1) is 12.1. The second-order valence-corrected chi connectivity index (χ2v) is 5.09. The van der Waals surface area contributed by atoms with Gasteiger partial charge in [-0.2, -0.15) is 0 Å². The fraction of sp³-hybridized carbons (Fsp3) is 0.333. The number of aromatic nitrogens is 1. The van der Waals surface area contributed by atoms with Crippen LogP contribution in [0.25, 0.3) is 10.9 Å². The summed E-state index contributed by atoms with van der Waals surface area (Å²) in [5.41, 5.74) is 2.41. The molecular formula is C15H16N2O2. The first-order valence-corrected chi connectivity index (χ1v) is 6.45. The molecule has 1 N–H and O–H groups in total. The second kappa shape index (κ2) is 4.63. The van der Waals surface area contributed by atoms with E-state index >= 15 is 0 Å². The van der Waals surface area contributed by atoms with E-state index in [2.05, 4.69) is 4.98 Å². The van der Waals surface area contributed by atoms with Crippen molar-refractivity contribution in [1.82, 2.24) is 9.88 Å². The van der Waals surface area contributed by atoms with E-state index in [1.165, 1.54) is 0 Å². The highest BCUT2D eigenvalue weighted by atomic mass is 16.3. The number of aryl methyl sites for hydroxylation is 1. The van der Waals surface area contributed by atoms with Crippen LogP contribution in [0.15, 0.2) is 30.3 Å². The number of pyridine rings is 1. The lowest BCUT2D eigenvalue weighted by Gasteiger charge is -2.38. The number of carbonyl (C=O) groups excluding carboxylic acids is 1. The minimum Gasteiger partial charge on any atom is -0.396 e. The third-order valence-electron chi connectivity index (χ3n) is 3.58. The van der Waals surface area contributed by atoms with Crippen LogP contribution >= 0.6 is 0 Å². The SMILES string of the molecule is Cc1cc(C(=O)N2CC(CO)C2)c2ccccc2n1. The van der Waals surface area contributed by atoms with Crippen molar-refractivity contribution in [2.45, 2.75) is 6.92 Å². The van der Waals surface area contributed by atoms with Crippen molar-refractivity contribution in [2.24, 2.45) is 5.92 Å². The third-order valence-corrected chi connectivity index (χ3v) is 3.58. The summed E-state index contributed by atoms with van der Waals surface area (Å²) in [6.45, 7) is 3.34. The molecule has 0 atom stereocenters. The molecule has 2 heterocycles. The molecule has 0 unspecified atom stereocenters. The molecule has 1 aliphatic rings. The summed E-state index contributed by atoms with van der Waals surface area (Å²) in [6.07, 6.45) is 0. The molecule has 1 fully saturated rings. The van der Waals surface area contributed by atoms with E-state index in [0.717, 1.165) is 16.6 Å². The van der Waals surface area contributed by atoms with Crippen molar-refractivity contribution in [3.8, 4) is 0 Å². The van der Waals surface area contributed by atoms with E-state index in [0.29, 0.717) is 18.7 Å². The molecule has 0 spiro atoms. The van der Waals surface area contributed by atoms with Crippen LogP contribution in [0.3, 0.4) is 0 Å². The molecular weight excluding hydrogens is 240 g/mol. The molecule has 0 radical (unpaired) electrons. The van der Waals surface area contributed by atoms with Gasteiger partial charge in [-0.05, 0) is 19.1 Å². The number of nitrogens with zero attached hydrogens (tertiary/aromatic N) is 2. The highest BCUT2D eigenvalue weighted by Gasteiger charge is 2.31. The Balaban J connectivity index is 1.98. The lowest BCUT2D eigenvalue weighted by atomic mass is 9.98. The third kappa shape index (κ3) is 2.08. The number of aliphatic hydroxyl groups excluding tert-OH is 1. The summed E-state index contributed by atoms with van der Waals surface area (Å²) < 4.78 is 0. The molecule has 0 bridgehead atoms. The molecule has 98 valence electrons. The Morgan fingerprint density at radius 2 is 2.16 bits per heavy atom. The van der Waals surface area contributed by atoms with Gasteiger partial charge in [0.1, 0.15) is 0 Å². The van der Waals surface area contributed by atoms with E-state index in [1.807, 2.05) is 37.3 Å². The zero-order chi connectivity index (χ0) is 13.4. The molecule has 0 aliphatic carbocycles. The molecule has 1 aliphatic heterocycles. The Kier molecular flexibility index (Phi) is 2.95. The summed E-state index contributed by atoms with van der Waals surface area (Å²) in [6, 6.07) is 9.54. The van der Waals surface area contributed by atoms with Crippen molar-refractivity contribution < 1.29 is 9.90 Å². The Morgan fingerprint density at radius 1 is 1.42 bits per heavy atom. The zero-order valence-corrected chi connectivity index (χ0v) is 10.8. The smallest absolute Gasteiger partial charge is 0.254 e. The van der Waals surface area contributed by atoms with Gasteiger partial charge in [0.05, 0.1) is 11.1 Å². The van der Waals surface area contributed by atoms with Gasteiger partial charge in [-0.3, -0.25) is 9.78 Å². The van der Waals surface area contributed by atoms with Gasteiger partial charge in [-0.1, -0.05) is 18.2 Å². The fourth-order valence-corrected chi connectivity index (χ4v) is 2.51. The zero-order valence-electron chi connectivity index (χ0n) is 10.8. The maximum absolute atomic E-state index is 12.5.